The van der Waals surface area contributed by atoms with Crippen LogP contribution >= 0.6 is 10.7 Å². The molecule has 0 aliphatic rings. The average Bonchev–Trinajstić information content (AvgIpc) is 2.15. The van der Waals surface area contributed by atoms with Gasteiger partial charge in [-0.2, -0.15) is 0 Å². The maximum Gasteiger partial charge on any atom is 0.282 e. The number of nitrogens with zero attached hydrogens (tertiary/aromatic N) is 1. The molecule has 1 heterocycles. The van der Waals surface area contributed by atoms with E-state index < -0.39 is 37.5 Å². The fraction of sp³-hybridized carbons (Fsp3) is 0.286. The van der Waals surface area contributed by atoms with E-state index in [4.69, 9.17) is 16.4 Å². The van der Waals surface area contributed by atoms with Crippen LogP contribution < -0.4 is 10.5 Å². The van der Waals surface area contributed by atoms with E-state index in [1.807, 2.05) is 0 Å². The fourth-order valence-electron chi connectivity index (χ4n) is 1.05. The van der Waals surface area contributed by atoms with Gasteiger partial charge in [-0.1, -0.05) is 0 Å². The summed E-state index contributed by atoms with van der Waals surface area (Å²) in [6.07, 6.45) is -2.23. The molecular formula is C7H7ClF2N2O3S. The Labute approximate surface area is 94.6 Å². The van der Waals surface area contributed by atoms with Crippen molar-refractivity contribution in [1.29, 1.82) is 0 Å². The first-order valence-corrected chi connectivity index (χ1v) is 6.15. The number of methoxy groups -OCH3 is 1. The Morgan fingerprint density at radius 3 is 2.50 bits per heavy atom. The highest BCUT2D eigenvalue weighted by molar-refractivity contribution is 8.13. The highest BCUT2D eigenvalue weighted by atomic mass is 35.7. The fourth-order valence-corrected chi connectivity index (χ4v) is 1.97. The van der Waals surface area contributed by atoms with Crippen molar-refractivity contribution in [1.82, 2.24) is 4.98 Å². The van der Waals surface area contributed by atoms with Gasteiger partial charge in [0.15, 0.2) is 5.75 Å². The van der Waals surface area contributed by atoms with Gasteiger partial charge in [0, 0.05) is 16.9 Å². The molecule has 0 bridgehead atoms. The molecule has 0 spiro atoms. The smallest absolute Gasteiger partial charge is 0.282 e. The molecule has 0 aliphatic heterocycles. The molecule has 0 saturated heterocycles. The quantitative estimate of drug-likeness (QED) is 0.844. The molecule has 90 valence electrons. The molecule has 1 rings (SSSR count). The van der Waals surface area contributed by atoms with Crippen LogP contribution in [0.5, 0.6) is 5.75 Å². The molecule has 0 saturated carbocycles. The number of rotatable bonds is 3. The molecule has 1 aromatic rings. The molecule has 2 N–H and O–H groups in total. The van der Waals surface area contributed by atoms with Crippen LogP contribution in [0.3, 0.4) is 0 Å². The molecule has 1 aromatic heterocycles. The summed E-state index contributed by atoms with van der Waals surface area (Å²) in [6, 6.07) is 0. The number of hydrogen-bond acceptors (Lipinski definition) is 5. The molecule has 5 nitrogen and oxygen atoms in total. The Hall–Kier alpha value is -1.15. The van der Waals surface area contributed by atoms with Crippen LogP contribution in [0, 0.1) is 0 Å². The molecular weight excluding hydrogens is 266 g/mol. The first-order chi connectivity index (χ1) is 7.29. The maximum absolute atomic E-state index is 12.4. The van der Waals surface area contributed by atoms with Crippen molar-refractivity contribution >= 4 is 25.4 Å². The van der Waals surface area contributed by atoms with Crippen molar-refractivity contribution in [3.63, 3.8) is 0 Å². The zero-order chi connectivity index (χ0) is 12.5. The summed E-state index contributed by atoms with van der Waals surface area (Å²) in [5, 5.41) is -0.682. The number of anilines is 1. The van der Waals surface area contributed by atoms with Gasteiger partial charge in [-0.05, 0) is 0 Å². The van der Waals surface area contributed by atoms with E-state index in [0.29, 0.717) is 6.20 Å². The standard InChI is InChI=1S/C7H7ClF2N2O3S/c1-15-5-4(11)3(6(9)10)2-12-7(5)16(8,13)14/h2,6H,1H3,(H2,11,12). The lowest BCUT2D eigenvalue weighted by Crippen LogP contribution is -2.06. The summed E-state index contributed by atoms with van der Waals surface area (Å²) in [5.41, 5.74) is 4.22. The number of halogens is 3. The Balaban J connectivity index is 3.54. The molecule has 9 heteroatoms. The monoisotopic (exact) mass is 272 g/mol. The molecule has 0 unspecified atom stereocenters. The van der Waals surface area contributed by atoms with Crippen LogP contribution in [0.25, 0.3) is 0 Å². The summed E-state index contributed by atoms with van der Waals surface area (Å²) >= 11 is 0. The van der Waals surface area contributed by atoms with Crippen LogP contribution in [0.15, 0.2) is 11.2 Å². The Morgan fingerprint density at radius 2 is 2.12 bits per heavy atom. The van der Waals surface area contributed by atoms with Crippen molar-refractivity contribution in [2.75, 3.05) is 12.8 Å². The van der Waals surface area contributed by atoms with E-state index in [-0.39, 0.29) is 0 Å². The Morgan fingerprint density at radius 1 is 1.56 bits per heavy atom. The van der Waals surface area contributed by atoms with Gasteiger partial charge < -0.3 is 10.5 Å². The number of aromatic nitrogens is 1. The predicted molar refractivity (Wildman–Crippen MR) is 53.2 cm³/mol. The van der Waals surface area contributed by atoms with Crippen molar-refractivity contribution in [3.8, 4) is 5.75 Å². The summed E-state index contributed by atoms with van der Waals surface area (Å²) < 4.78 is 51.5. The van der Waals surface area contributed by atoms with E-state index >= 15 is 0 Å². The highest BCUT2D eigenvalue weighted by Gasteiger charge is 2.25. The molecule has 0 atom stereocenters. The van der Waals surface area contributed by atoms with Crippen molar-refractivity contribution in [3.05, 3.63) is 11.8 Å². The third-order valence-corrected chi connectivity index (χ3v) is 2.93. The molecule has 0 radical (unpaired) electrons. The van der Waals surface area contributed by atoms with Gasteiger partial charge in [-0.25, -0.2) is 22.2 Å². The third-order valence-electron chi connectivity index (χ3n) is 1.74. The summed E-state index contributed by atoms with van der Waals surface area (Å²) in [7, 11) is 1.91. The minimum absolute atomic E-state index is 0.479. The minimum Gasteiger partial charge on any atom is -0.492 e. The number of pyridine rings is 1. The van der Waals surface area contributed by atoms with Gasteiger partial charge in [0.05, 0.1) is 18.4 Å². The van der Waals surface area contributed by atoms with Crippen molar-refractivity contribution in [2.45, 2.75) is 11.5 Å². The van der Waals surface area contributed by atoms with Gasteiger partial charge in [0.2, 0.25) is 5.03 Å². The van der Waals surface area contributed by atoms with Crippen LogP contribution in [0.2, 0.25) is 0 Å². The van der Waals surface area contributed by atoms with Crippen LogP contribution in [0.1, 0.15) is 12.0 Å². The van der Waals surface area contributed by atoms with Gasteiger partial charge in [0.1, 0.15) is 0 Å². The number of nitrogen functional groups attached to an aromatic ring is 1. The SMILES string of the molecule is COc1c(S(=O)(=O)Cl)ncc(C(F)F)c1N. The zero-order valence-corrected chi connectivity index (χ0v) is 9.52. The second kappa shape index (κ2) is 4.38. The van der Waals surface area contributed by atoms with Crippen molar-refractivity contribution in [2.24, 2.45) is 0 Å². The number of hydrogen-bond donors (Lipinski definition) is 1. The van der Waals surface area contributed by atoms with Gasteiger partial charge in [-0.3, -0.25) is 0 Å². The lowest BCUT2D eigenvalue weighted by molar-refractivity contribution is 0.151. The zero-order valence-electron chi connectivity index (χ0n) is 7.95. The predicted octanol–water partition coefficient (Wildman–Crippen LogP) is 1.54. The summed E-state index contributed by atoms with van der Waals surface area (Å²) in [5.74, 6) is -0.479. The average molecular weight is 273 g/mol. The molecule has 0 fully saturated rings. The van der Waals surface area contributed by atoms with Gasteiger partial charge in [0.25, 0.3) is 15.5 Å². The van der Waals surface area contributed by atoms with Crippen LogP contribution in [0.4, 0.5) is 14.5 Å². The molecule has 0 aromatic carbocycles. The lowest BCUT2D eigenvalue weighted by atomic mass is 10.2. The lowest BCUT2D eigenvalue weighted by Gasteiger charge is -2.11. The van der Waals surface area contributed by atoms with E-state index in [1.54, 1.807) is 0 Å². The molecule has 0 aliphatic carbocycles. The second-order valence-corrected chi connectivity index (χ2v) is 5.19. The summed E-state index contributed by atoms with van der Waals surface area (Å²) in [4.78, 5) is 3.30. The van der Waals surface area contributed by atoms with Gasteiger partial charge >= 0.3 is 0 Å². The van der Waals surface area contributed by atoms with Gasteiger partial charge in [-0.15, -0.1) is 0 Å². The van der Waals surface area contributed by atoms with E-state index in [2.05, 4.69) is 9.72 Å². The van der Waals surface area contributed by atoms with Crippen LogP contribution in [-0.4, -0.2) is 20.5 Å². The number of nitrogens with two attached hydrogens (primary N) is 1. The molecule has 0 amide bonds. The van der Waals surface area contributed by atoms with E-state index in [9.17, 15) is 17.2 Å². The first kappa shape index (κ1) is 12.9. The Kier molecular flexibility index (Phi) is 3.54. The van der Waals surface area contributed by atoms with E-state index in [1.165, 1.54) is 0 Å². The van der Waals surface area contributed by atoms with E-state index in [0.717, 1.165) is 7.11 Å². The minimum atomic E-state index is -4.20. The highest BCUT2D eigenvalue weighted by Crippen LogP contribution is 2.36. The number of alkyl halides is 2. The van der Waals surface area contributed by atoms with Crippen molar-refractivity contribution < 1.29 is 21.9 Å². The topological polar surface area (TPSA) is 82.3 Å². The Bertz CT molecular complexity index is 507. The van der Waals surface area contributed by atoms with Crippen LogP contribution in [-0.2, 0) is 9.05 Å². The summed E-state index contributed by atoms with van der Waals surface area (Å²) in [6.45, 7) is 0. The maximum atomic E-state index is 12.4. The second-order valence-electron chi connectivity index (χ2n) is 2.70. The first-order valence-electron chi connectivity index (χ1n) is 3.84. The molecule has 16 heavy (non-hydrogen) atoms. The largest absolute Gasteiger partial charge is 0.492 e. The number of ether oxygens (including phenoxy) is 1. The third kappa shape index (κ3) is 2.33. The normalized spacial score (nSPS) is 11.8.